The van der Waals surface area contributed by atoms with Crippen molar-refractivity contribution in [1.82, 2.24) is 0 Å². The molecule has 1 aliphatic carbocycles. The van der Waals surface area contributed by atoms with E-state index in [4.69, 9.17) is 9.47 Å². The summed E-state index contributed by atoms with van der Waals surface area (Å²) in [5.74, 6) is -0.00501. The van der Waals surface area contributed by atoms with Crippen molar-refractivity contribution in [2.75, 3.05) is 0 Å². The number of hydrogen-bond donors (Lipinski definition) is 0. The van der Waals surface area contributed by atoms with Gasteiger partial charge in [0.2, 0.25) is 0 Å². The molecule has 0 N–H and O–H groups in total. The highest BCUT2D eigenvalue weighted by Crippen LogP contribution is 2.27. The van der Waals surface area contributed by atoms with Crippen molar-refractivity contribution >= 4 is 5.97 Å². The van der Waals surface area contributed by atoms with E-state index in [2.05, 4.69) is 0 Å². The lowest BCUT2D eigenvalue weighted by Gasteiger charge is -2.25. The predicted octanol–water partition coefficient (Wildman–Crippen LogP) is 2.89. The molecule has 0 heterocycles. The van der Waals surface area contributed by atoms with Crippen molar-refractivity contribution in [3.05, 3.63) is 35.9 Å². The molecule has 0 bridgehead atoms. The summed E-state index contributed by atoms with van der Waals surface area (Å²) in [6.45, 7) is 2.24. The maximum absolute atomic E-state index is 11.5. The van der Waals surface area contributed by atoms with Crippen LogP contribution in [0.3, 0.4) is 0 Å². The normalized spacial score (nSPS) is 17.2. The summed E-state index contributed by atoms with van der Waals surface area (Å²) in [6.07, 6.45) is 2.59. The first-order valence-electron chi connectivity index (χ1n) is 6.12. The van der Waals surface area contributed by atoms with E-state index in [0.717, 1.165) is 24.8 Å². The molecule has 1 aromatic carbocycles. The highest BCUT2D eigenvalue weighted by Gasteiger charge is 2.27. The fourth-order valence-electron chi connectivity index (χ4n) is 1.73. The van der Waals surface area contributed by atoms with Gasteiger partial charge in [-0.1, -0.05) is 36.8 Å². The molecule has 0 radical (unpaired) electrons. The van der Waals surface area contributed by atoms with Crippen LogP contribution in [0.1, 0.15) is 31.7 Å². The molecule has 3 heteroatoms. The Balaban J connectivity index is 1.70. The van der Waals surface area contributed by atoms with Crippen LogP contribution in [0.4, 0.5) is 0 Å². The lowest BCUT2D eigenvalue weighted by Crippen LogP contribution is -2.28. The molecular formula is C14H18O3. The molecule has 1 saturated carbocycles. The number of benzene rings is 1. The highest BCUT2D eigenvalue weighted by atomic mass is 16.7. The Kier molecular flexibility index (Phi) is 4.15. The van der Waals surface area contributed by atoms with Crippen LogP contribution >= 0.6 is 0 Å². The maximum Gasteiger partial charge on any atom is 0.311 e. The summed E-state index contributed by atoms with van der Waals surface area (Å²) < 4.78 is 10.7. The van der Waals surface area contributed by atoms with E-state index in [9.17, 15) is 4.79 Å². The van der Waals surface area contributed by atoms with Crippen molar-refractivity contribution < 1.29 is 14.3 Å². The van der Waals surface area contributed by atoms with E-state index in [1.807, 2.05) is 30.3 Å². The first-order valence-corrected chi connectivity index (χ1v) is 6.12. The predicted molar refractivity (Wildman–Crippen MR) is 64.1 cm³/mol. The average Bonchev–Trinajstić information content (AvgIpc) is 2.25. The molecule has 0 saturated heterocycles. The van der Waals surface area contributed by atoms with Crippen LogP contribution in [0.5, 0.6) is 0 Å². The van der Waals surface area contributed by atoms with Gasteiger partial charge in [-0.3, -0.25) is 4.79 Å². The van der Waals surface area contributed by atoms with E-state index < -0.39 is 6.29 Å². The van der Waals surface area contributed by atoms with Gasteiger partial charge in [0, 0.05) is 0 Å². The molecule has 2 rings (SSSR count). The Morgan fingerprint density at radius 3 is 2.65 bits per heavy atom. The van der Waals surface area contributed by atoms with E-state index in [0.29, 0.717) is 6.61 Å². The minimum atomic E-state index is -0.469. The fourth-order valence-corrected chi connectivity index (χ4v) is 1.73. The smallest absolute Gasteiger partial charge is 0.311 e. The standard InChI is InChI=1S/C14H18O3/c1-11(17-14(15)13-8-5-9-13)16-10-12-6-3-2-4-7-12/h2-4,6-7,11,13H,5,8-10H2,1H3. The first kappa shape index (κ1) is 12.1. The molecule has 0 amide bonds. The first-order chi connectivity index (χ1) is 8.25. The van der Waals surface area contributed by atoms with Crippen LogP contribution in [0.15, 0.2) is 30.3 Å². The van der Waals surface area contributed by atoms with Crippen LogP contribution in [-0.4, -0.2) is 12.3 Å². The van der Waals surface area contributed by atoms with Crippen molar-refractivity contribution in [2.45, 2.75) is 39.1 Å². The number of carbonyl (C=O) groups excluding carboxylic acids is 1. The van der Waals surface area contributed by atoms with Gasteiger partial charge in [-0.15, -0.1) is 0 Å². The third kappa shape index (κ3) is 3.56. The van der Waals surface area contributed by atoms with Crippen LogP contribution in [0, 0.1) is 5.92 Å². The molecule has 3 nitrogen and oxygen atoms in total. The minimum Gasteiger partial charge on any atom is -0.436 e. The monoisotopic (exact) mass is 234 g/mol. The molecule has 1 aromatic rings. The van der Waals surface area contributed by atoms with Gasteiger partial charge >= 0.3 is 5.97 Å². The van der Waals surface area contributed by atoms with Crippen LogP contribution in [0.2, 0.25) is 0 Å². The quantitative estimate of drug-likeness (QED) is 0.580. The Bertz CT molecular complexity index is 357. The number of rotatable bonds is 5. The molecule has 0 aliphatic heterocycles. The Morgan fingerprint density at radius 2 is 2.06 bits per heavy atom. The van der Waals surface area contributed by atoms with Gasteiger partial charge < -0.3 is 9.47 Å². The Hall–Kier alpha value is -1.35. The average molecular weight is 234 g/mol. The second kappa shape index (κ2) is 5.82. The lowest BCUT2D eigenvalue weighted by atomic mass is 9.86. The molecule has 1 unspecified atom stereocenters. The van der Waals surface area contributed by atoms with E-state index in [-0.39, 0.29) is 11.9 Å². The minimum absolute atomic E-state index is 0.109. The number of ether oxygens (including phenoxy) is 2. The van der Waals surface area contributed by atoms with E-state index in [1.54, 1.807) is 6.92 Å². The highest BCUT2D eigenvalue weighted by molar-refractivity contribution is 5.73. The molecule has 1 atom stereocenters. The molecule has 17 heavy (non-hydrogen) atoms. The van der Waals surface area contributed by atoms with E-state index >= 15 is 0 Å². The number of esters is 1. The summed E-state index contributed by atoms with van der Waals surface area (Å²) in [4.78, 5) is 11.5. The summed E-state index contributed by atoms with van der Waals surface area (Å²) in [6, 6.07) is 9.86. The van der Waals surface area contributed by atoms with Gasteiger partial charge in [-0.05, 0) is 25.3 Å². The molecule has 0 aromatic heterocycles. The van der Waals surface area contributed by atoms with Crippen LogP contribution in [-0.2, 0) is 20.9 Å². The molecular weight excluding hydrogens is 216 g/mol. The van der Waals surface area contributed by atoms with Crippen molar-refractivity contribution in [1.29, 1.82) is 0 Å². The second-order valence-electron chi connectivity index (χ2n) is 4.43. The van der Waals surface area contributed by atoms with Crippen LogP contribution < -0.4 is 0 Å². The van der Waals surface area contributed by atoms with Gasteiger partial charge in [0.1, 0.15) is 0 Å². The summed E-state index contributed by atoms with van der Waals surface area (Å²) in [5, 5.41) is 0. The summed E-state index contributed by atoms with van der Waals surface area (Å²) >= 11 is 0. The Morgan fingerprint density at radius 1 is 1.35 bits per heavy atom. The number of carbonyl (C=O) groups is 1. The molecule has 92 valence electrons. The van der Waals surface area contributed by atoms with Gasteiger partial charge in [-0.25, -0.2) is 0 Å². The van der Waals surface area contributed by atoms with Crippen molar-refractivity contribution in [2.24, 2.45) is 5.92 Å². The Labute approximate surface area is 102 Å². The molecule has 1 fully saturated rings. The molecule has 0 spiro atoms. The lowest BCUT2D eigenvalue weighted by molar-refractivity contribution is -0.184. The third-order valence-electron chi connectivity index (χ3n) is 3.05. The van der Waals surface area contributed by atoms with Gasteiger partial charge in [0.05, 0.1) is 12.5 Å². The summed E-state index contributed by atoms with van der Waals surface area (Å²) in [7, 11) is 0. The maximum atomic E-state index is 11.5. The molecule has 1 aliphatic rings. The second-order valence-corrected chi connectivity index (χ2v) is 4.43. The van der Waals surface area contributed by atoms with Gasteiger partial charge in [0.25, 0.3) is 0 Å². The SMILES string of the molecule is CC(OCc1ccccc1)OC(=O)C1CCC1. The topological polar surface area (TPSA) is 35.5 Å². The summed E-state index contributed by atoms with van der Waals surface area (Å²) in [5.41, 5.74) is 1.08. The van der Waals surface area contributed by atoms with Crippen molar-refractivity contribution in [3.8, 4) is 0 Å². The van der Waals surface area contributed by atoms with Crippen LogP contribution in [0.25, 0.3) is 0 Å². The van der Waals surface area contributed by atoms with E-state index in [1.165, 1.54) is 0 Å². The third-order valence-corrected chi connectivity index (χ3v) is 3.05. The largest absolute Gasteiger partial charge is 0.436 e. The zero-order valence-corrected chi connectivity index (χ0v) is 10.1. The zero-order chi connectivity index (χ0) is 12.1. The fraction of sp³-hybridized carbons (Fsp3) is 0.500. The van der Waals surface area contributed by atoms with Gasteiger partial charge in [-0.2, -0.15) is 0 Å². The zero-order valence-electron chi connectivity index (χ0n) is 10.1. The number of hydrogen-bond acceptors (Lipinski definition) is 3. The van der Waals surface area contributed by atoms with Gasteiger partial charge in [0.15, 0.2) is 6.29 Å². The van der Waals surface area contributed by atoms with Crippen molar-refractivity contribution in [3.63, 3.8) is 0 Å².